The summed E-state index contributed by atoms with van der Waals surface area (Å²) in [6.45, 7) is 5.09. The van der Waals surface area contributed by atoms with Crippen LogP contribution in [0.15, 0.2) is 30.5 Å². The van der Waals surface area contributed by atoms with Gasteiger partial charge in [0, 0.05) is 30.1 Å². The highest BCUT2D eigenvalue weighted by Crippen LogP contribution is 2.22. The molecule has 1 aliphatic rings. The zero-order chi connectivity index (χ0) is 16.1. The number of carbonyl (C=O) groups excluding carboxylic acids is 1. The lowest BCUT2D eigenvalue weighted by Crippen LogP contribution is -2.36. The second kappa shape index (κ2) is 9.09. The highest BCUT2D eigenvalue weighted by Gasteiger charge is 2.21. The molecule has 0 aliphatic carbocycles. The van der Waals surface area contributed by atoms with E-state index >= 15 is 0 Å². The van der Waals surface area contributed by atoms with Gasteiger partial charge in [-0.05, 0) is 55.8 Å². The number of H-pyrrole nitrogens is 1. The maximum atomic E-state index is 12.1. The summed E-state index contributed by atoms with van der Waals surface area (Å²) in [6, 6.07) is 8.29. The average Bonchev–Trinajstić information content (AvgIpc) is 2.99. The molecule has 1 aliphatic heterocycles. The van der Waals surface area contributed by atoms with Crippen LogP contribution in [0.1, 0.15) is 31.7 Å². The summed E-state index contributed by atoms with van der Waals surface area (Å²) < 4.78 is 0. The van der Waals surface area contributed by atoms with E-state index in [1.807, 2.05) is 12.3 Å². The Morgan fingerprint density at radius 3 is 3.00 bits per heavy atom. The minimum atomic E-state index is 0. The Kier molecular flexibility index (Phi) is 7.13. The molecule has 1 fully saturated rings. The number of carbonyl (C=O) groups is 1. The van der Waals surface area contributed by atoms with Crippen molar-refractivity contribution in [1.82, 2.24) is 15.6 Å². The van der Waals surface area contributed by atoms with Crippen molar-refractivity contribution in [2.75, 3.05) is 19.6 Å². The molecule has 3 rings (SSSR count). The topological polar surface area (TPSA) is 56.9 Å². The minimum absolute atomic E-state index is 0. The van der Waals surface area contributed by atoms with Crippen LogP contribution in [0.3, 0.4) is 0 Å². The van der Waals surface area contributed by atoms with Crippen LogP contribution in [-0.4, -0.2) is 30.5 Å². The van der Waals surface area contributed by atoms with Gasteiger partial charge < -0.3 is 15.6 Å². The summed E-state index contributed by atoms with van der Waals surface area (Å²) in [6.07, 6.45) is 6.04. The number of amides is 1. The fraction of sp³-hybridized carbons (Fsp3) is 0.526. The third kappa shape index (κ3) is 4.74. The quantitative estimate of drug-likeness (QED) is 0.749. The van der Waals surface area contributed by atoms with Gasteiger partial charge in [-0.15, -0.1) is 12.4 Å². The Hall–Kier alpha value is -1.52. The van der Waals surface area contributed by atoms with Crippen LogP contribution in [0.2, 0.25) is 0 Å². The van der Waals surface area contributed by atoms with E-state index in [-0.39, 0.29) is 18.3 Å². The van der Waals surface area contributed by atoms with Crippen LogP contribution in [0.4, 0.5) is 0 Å². The molecule has 2 unspecified atom stereocenters. The lowest BCUT2D eigenvalue weighted by molar-refractivity contribution is -0.122. The molecule has 5 heteroatoms. The van der Waals surface area contributed by atoms with Crippen molar-refractivity contribution in [2.45, 2.75) is 32.6 Å². The molecule has 0 bridgehead atoms. The zero-order valence-electron chi connectivity index (χ0n) is 14.3. The number of halogens is 1. The van der Waals surface area contributed by atoms with Crippen molar-refractivity contribution in [2.24, 2.45) is 11.8 Å². The van der Waals surface area contributed by atoms with E-state index in [2.05, 4.69) is 40.7 Å². The molecular formula is C19H28ClN3O. The molecule has 4 nitrogen and oxygen atoms in total. The summed E-state index contributed by atoms with van der Waals surface area (Å²) in [5.41, 5.74) is 2.43. The van der Waals surface area contributed by atoms with Crippen molar-refractivity contribution in [3.05, 3.63) is 36.0 Å². The molecule has 2 aromatic rings. The van der Waals surface area contributed by atoms with E-state index in [9.17, 15) is 4.79 Å². The third-order valence-corrected chi connectivity index (χ3v) is 5.04. The van der Waals surface area contributed by atoms with Crippen LogP contribution >= 0.6 is 12.4 Å². The second-order valence-electron chi connectivity index (χ2n) is 6.75. The predicted octanol–water partition coefficient (Wildman–Crippen LogP) is 3.27. The zero-order valence-corrected chi connectivity index (χ0v) is 15.1. The molecule has 1 aromatic heterocycles. The molecule has 2 atom stereocenters. The number of fused-ring (bicyclic) bond motifs is 1. The molecule has 132 valence electrons. The second-order valence-corrected chi connectivity index (χ2v) is 6.75. The van der Waals surface area contributed by atoms with E-state index in [1.165, 1.54) is 23.8 Å². The Balaban J connectivity index is 0.00000208. The Morgan fingerprint density at radius 2 is 2.21 bits per heavy atom. The summed E-state index contributed by atoms with van der Waals surface area (Å²) in [4.78, 5) is 15.4. The van der Waals surface area contributed by atoms with Gasteiger partial charge in [0.2, 0.25) is 5.91 Å². The van der Waals surface area contributed by atoms with Crippen LogP contribution in [-0.2, 0) is 11.2 Å². The van der Waals surface area contributed by atoms with E-state index in [1.54, 1.807) is 0 Å². The molecule has 0 saturated carbocycles. The van der Waals surface area contributed by atoms with Crippen LogP contribution in [0.25, 0.3) is 10.9 Å². The van der Waals surface area contributed by atoms with Crippen molar-refractivity contribution in [1.29, 1.82) is 0 Å². The molecule has 0 radical (unpaired) electrons. The van der Waals surface area contributed by atoms with Gasteiger partial charge in [0.25, 0.3) is 0 Å². The monoisotopic (exact) mass is 349 g/mol. The molecule has 1 saturated heterocycles. The summed E-state index contributed by atoms with van der Waals surface area (Å²) in [7, 11) is 0. The standard InChI is InChI=1S/C19H27N3O.ClH/c1-14(15-5-4-9-20-12-15)11-19(23)21-10-8-16-13-22-18-7-3-2-6-17(16)18;/h2-3,6-7,13-15,20,22H,4-5,8-12H2,1H3,(H,21,23);1H. The van der Waals surface area contributed by atoms with Gasteiger partial charge in [0.15, 0.2) is 0 Å². The molecule has 0 spiro atoms. The maximum absolute atomic E-state index is 12.1. The van der Waals surface area contributed by atoms with Crippen molar-refractivity contribution < 1.29 is 4.79 Å². The lowest BCUT2D eigenvalue weighted by atomic mass is 9.85. The summed E-state index contributed by atoms with van der Waals surface area (Å²) in [5.74, 6) is 1.28. The first-order chi connectivity index (χ1) is 11.2. The van der Waals surface area contributed by atoms with E-state index in [0.29, 0.717) is 24.8 Å². The molecule has 2 heterocycles. The van der Waals surface area contributed by atoms with E-state index < -0.39 is 0 Å². The number of hydrogen-bond acceptors (Lipinski definition) is 2. The molecule has 1 amide bonds. The normalized spacial score (nSPS) is 18.8. The maximum Gasteiger partial charge on any atom is 0.220 e. The van der Waals surface area contributed by atoms with Gasteiger partial charge in [-0.3, -0.25) is 4.79 Å². The lowest BCUT2D eigenvalue weighted by Gasteiger charge is -2.28. The minimum Gasteiger partial charge on any atom is -0.361 e. The first kappa shape index (κ1) is 18.8. The molecule has 1 aromatic carbocycles. The highest BCUT2D eigenvalue weighted by molar-refractivity contribution is 5.85. The number of piperidine rings is 1. The van der Waals surface area contributed by atoms with Crippen molar-refractivity contribution in [3.8, 4) is 0 Å². The van der Waals surface area contributed by atoms with E-state index in [0.717, 1.165) is 25.0 Å². The molecule has 24 heavy (non-hydrogen) atoms. The van der Waals surface area contributed by atoms with Crippen LogP contribution < -0.4 is 10.6 Å². The third-order valence-electron chi connectivity index (χ3n) is 5.04. The van der Waals surface area contributed by atoms with Gasteiger partial charge in [0.05, 0.1) is 0 Å². The highest BCUT2D eigenvalue weighted by atomic mass is 35.5. The van der Waals surface area contributed by atoms with Crippen molar-refractivity contribution >= 4 is 29.2 Å². The fourth-order valence-electron chi connectivity index (χ4n) is 3.57. The average molecular weight is 350 g/mol. The van der Waals surface area contributed by atoms with Gasteiger partial charge in [-0.2, -0.15) is 0 Å². The Bertz CT molecular complexity index is 649. The van der Waals surface area contributed by atoms with Gasteiger partial charge in [-0.25, -0.2) is 0 Å². The molecule has 3 N–H and O–H groups in total. The Labute approximate surface area is 150 Å². The fourth-order valence-corrected chi connectivity index (χ4v) is 3.57. The van der Waals surface area contributed by atoms with Crippen LogP contribution in [0, 0.1) is 11.8 Å². The number of aromatic nitrogens is 1. The number of nitrogens with one attached hydrogen (secondary N) is 3. The van der Waals surface area contributed by atoms with Crippen LogP contribution in [0.5, 0.6) is 0 Å². The largest absolute Gasteiger partial charge is 0.361 e. The number of para-hydroxylation sites is 1. The number of aromatic amines is 1. The number of benzene rings is 1. The Morgan fingerprint density at radius 1 is 1.38 bits per heavy atom. The number of hydrogen-bond donors (Lipinski definition) is 3. The summed E-state index contributed by atoms with van der Waals surface area (Å²) in [5, 5.41) is 7.77. The SMILES string of the molecule is CC(CC(=O)NCCc1c[nH]c2ccccc12)C1CCCNC1.Cl. The summed E-state index contributed by atoms with van der Waals surface area (Å²) >= 11 is 0. The van der Waals surface area contributed by atoms with Gasteiger partial charge in [-0.1, -0.05) is 25.1 Å². The van der Waals surface area contributed by atoms with E-state index in [4.69, 9.17) is 0 Å². The first-order valence-electron chi connectivity index (χ1n) is 8.76. The van der Waals surface area contributed by atoms with Gasteiger partial charge >= 0.3 is 0 Å². The predicted molar refractivity (Wildman–Crippen MR) is 102 cm³/mol. The number of rotatable bonds is 6. The first-order valence-corrected chi connectivity index (χ1v) is 8.76. The smallest absolute Gasteiger partial charge is 0.220 e. The van der Waals surface area contributed by atoms with Gasteiger partial charge in [0.1, 0.15) is 0 Å². The molecular weight excluding hydrogens is 322 g/mol. The van der Waals surface area contributed by atoms with Crippen molar-refractivity contribution in [3.63, 3.8) is 0 Å².